The van der Waals surface area contributed by atoms with Crippen molar-refractivity contribution in [3.8, 4) is 11.5 Å². The van der Waals surface area contributed by atoms with E-state index in [9.17, 15) is 22.4 Å². The summed E-state index contributed by atoms with van der Waals surface area (Å²) in [5.41, 5.74) is 0.593. The molecule has 1 aromatic heterocycles. The molecular weight excluding hydrogens is 444 g/mol. The topological polar surface area (TPSA) is 77.4 Å². The number of rotatable bonds is 5. The zero-order valence-corrected chi connectivity index (χ0v) is 17.6. The van der Waals surface area contributed by atoms with Gasteiger partial charge in [0.25, 0.3) is 5.91 Å². The quantitative estimate of drug-likeness (QED) is 0.523. The molecule has 0 radical (unpaired) electrons. The van der Waals surface area contributed by atoms with Gasteiger partial charge in [-0.25, -0.2) is 9.07 Å². The average Bonchev–Trinajstić information content (AvgIpc) is 3.22. The molecule has 1 aliphatic heterocycles. The lowest BCUT2D eigenvalue weighted by Gasteiger charge is -2.33. The number of hydrogen-bond acceptors (Lipinski definition) is 5. The molecule has 0 fully saturated rings. The summed E-state index contributed by atoms with van der Waals surface area (Å²) in [6.45, 7) is 0. The van der Waals surface area contributed by atoms with E-state index in [0.717, 1.165) is 4.68 Å². The third-order valence-electron chi connectivity index (χ3n) is 5.35. The zero-order valence-electron chi connectivity index (χ0n) is 17.6. The van der Waals surface area contributed by atoms with Crippen molar-refractivity contribution in [2.24, 2.45) is 0 Å². The first-order valence-electron chi connectivity index (χ1n) is 9.91. The maximum atomic E-state index is 13.8. The second-order valence-electron chi connectivity index (χ2n) is 7.42. The van der Waals surface area contributed by atoms with Gasteiger partial charge in [0.2, 0.25) is 0 Å². The number of hydrogen-bond donors (Lipinski definition) is 2. The van der Waals surface area contributed by atoms with E-state index in [1.54, 1.807) is 18.2 Å². The van der Waals surface area contributed by atoms with Crippen molar-refractivity contribution in [2.45, 2.75) is 24.7 Å². The van der Waals surface area contributed by atoms with Gasteiger partial charge in [-0.3, -0.25) is 4.79 Å². The smallest absolute Gasteiger partial charge is 0.410 e. The molecule has 0 spiro atoms. The second kappa shape index (κ2) is 8.64. The lowest BCUT2D eigenvalue weighted by molar-refractivity contribution is -0.173. The van der Waals surface area contributed by atoms with Crippen LogP contribution >= 0.6 is 0 Å². The van der Waals surface area contributed by atoms with E-state index < -0.39 is 30.0 Å². The summed E-state index contributed by atoms with van der Waals surface area (Å²) in [7, 11) is 2.89. The molecule has 3 aromatic rings. The molecule has 0 unspecified atom stereocenters. The van der Waals surface area contributed by atoms with Crippen molar-refractivity contribution < 1.29 is 31.8 Å². The first kappa shape index (κ1) is 22.4. The van der Waals surface area contributed by atoms with Crippen molar-refractivity contribution in [2.75, 3.05) is 24.9 Å². The Labute approximate surface area is 186 Å². The number of nitrogens with one attached hydrogen (secondary N) is 2. The standard InChI is InChI=1S/C22H20F4N4O3/c1-32-14-7-8-15(18(9-14)33-2)28-21(31)17-11-20-27-16(12-3-5-13(23)6-4-12)10-19(22(24,25)26)30(20)29-17/h3-9,11,16,19,27H,10H2,1-2H3,(H,28,31)/t16-,19-/m1/s1. The fourth-order valence-corrected chi connectivity index (χ4v) is 3.69. The van der Waals surface area contributed by atoms with Crippen LogP contribution in [-0.4, -0.2) is 36.1 Å². The Balaban J connectivity index is 1.63. The van der Waals surface area contributed by atoms with Crippen LogP contribution in [0.4, 0.5) is 29.1 Å². The highest BCUT2D eigenvalue weighted by Gasteiger charge is 2.46. The molecule has 1 aliphatic rings. The van der Waals surface area contributed by atoms with E-state index in [1.165, 1.54) is 44.6 Å². The number of alkyl halides is 3. The van der Waals surface area contributed by atoms with Gasteiger partial charge in [-0.2, -0.15) is 18.3 Å². The number of fused-ring (bicyclic) bond motifs is 1. The second-order valence-corrected chi connectivity index (χ2v) is 7.42. The normalized spacial score (nSPS) is 17.6. The molecule has 2 heterocycles. The van der Waals surface area contributed by atoms with Gasteiger partial charge < -0.3 is 20.1 Å². The number of aromatic nitrogens is 2. The predicted octanol–water partition coefficient (Wildman–Crippen LogP) is 4.95. The number of anilines is 2. The molecule has 0 saturated heterocycles. The summed E-state index contributed by atoms with van der Waals surface area (Å²) in [5, 5.41) is 9.49. The summed E-state index contributed by atoms with van der Waals surface area (Å²) in [5.74, 6) is -0.341. The van der Waals surface area contributed by atoms with Gasteiger partial charge in [-0.05, 0) is 29.8 Å². The van der Waals surface area contributed by atoms with Crippen LogP contribution < -0.4 is 20.1 Å². The van der Waals surface area contributed by atoms with E-state index in [-0.39, 0.29) is 17.9 Å². The molecule has 2 atom stereocenters. The molecule has 0 aliphatic carbocycles. The summed E-state index contributed by atoms with van der Waals surface area (Å²) >= 11 is 0. The monoisotopic (exact) mass is 464 g/mol. The minimum Gasteiger partial charge on any atom is -0.497 e. The number of benzene rings is 2. The van der Waals surface area contributed by atoms with E-state index in [2.05, 4.69) is 15.7 Å². The summed E-state index contributed by atoms with van der Waals surface area (Å²) in [6.07, 6.45) is -4.97. The lowest BCUT2D eigenvalue weighted by Crippen LogP contribution is -2.35. The Hall–Kier alpha value is -3.76. The number of carbonyl (C=O) groups excluding carboxylic acids is 1. The number of nitrogens with zero attached hydrogens (tertiary/aromatic N) is 2. The molecular formula is C22H20F4N4O3. The van der Waals surface area contributed by atoms with E-state index in [1.807, 2.05) is 0 Å². The summed E-state index contributed by atoms with van der Waals surface area (Å²) in [6, 6.07) is 8.49. The van der Waals surface area contributed by atoms with Crippen molar-refractivity contribution in [1.29, 1.82) is 0 Å². The molecule has 0 bridgehead atoms. The Morgan fingerprint density at radius 3 is 2.48 bits per heavy atom. The first-order valence-corrected chi connectivity index (χ1v) is 9.91. The van der Waals surface area contributed by atoms with Crippen LogP contribution in [0.5, 0.6) is 11.5 Å². The van der Waals surface area contributed by atoms with Gasteiger partial charge in [-0.15, -0.1) is 0 Å². The van der Waals surface area contributed by atoms with Gasteiger partial charge >= 0.3 is 6.18 Å². The van der Waals surface area contributed by atoms with Crippen LogP contribution in [0.1, 0.15) is 34.6 Å². The molecule has 0 saturated carbocycles. The summed E-state index contributed by atoms with van der Waals surface area (Å²) < 4.78 is 65.8. The number of halogens is 4. The van der Waals surface area contributed by atoms with Gasteiger partial charge in [0, 0.05) is 18.6 Å². The third-order valence-corrected chi connectivity index (χ3v) is 5.35. The summed E-state index contributed by atoms with van der Waals surface area (Å²) in [4.78, 5) is 12.8. The third kappa shape index (κ3) is 4.57. The molecule has 1 amide bonds. The van der Waals surface area contributed by atoms with Crippen molar-refractivity contribution in [3.63, 3.8) is 0 Å². The Morgan fingerprint density at radius 2 is 1.85 bits per heavy atom. The van der Waals surface area contributed by atoms with Gasteiger partial charge in [0.05, 0.1) is 25.9 Å². The van der Waals surface area contributed by atoms with Crippen molar-refractivity contribution in [1.82, 2.24) is 9.78 Å². The minimum absolute atomic E-state index is 0.0322. The highest BCUT2D eigenvalue weighted by molar-refractivity contribution is 6.04. The van der Waals surface area contributed by atoms with Crippen LogP contribution in [-0.2, 0) is 0 Å². The molecule has 2 N–H and O–H groups in total. The van der Waals surface area contributed by atoms with E-state index >= 15 is 0 Å². The van der Waals surface area contributed by atoms with E-state index in [4.69, 9.17) is 9.47 Å². The van der Waals surface area contributed by atoms with Gasteiger partial charge in [-0.1, -0.05) is 12.1 Å². The maximum Gasteiger partial charge on any atom is 0.410 e. The number of ether oxygens (including phenoxy) is 2. The molecule has 7 nitrogen and oxygen atoms in total. The fourth-order valence-electron chi connectivity index (χ4n) is 3.69. The molecule has 33 heavy (non-hydrogen) atoms. The molecule has 11 heteroatoms. The average molecular weight is 464 g/mol. The number of methoxy groups -OCH3 is 2. The van der Waals surface area contributed by atoms with Crippen molar-refractivity contribution >= 4 is 17.4 Å². The maximum absolute atomic E-state index is 13.8. The number of amides is 1. The Bertz CT molecular complexity index is 1160. The minimum atomic E-state index is -4.60. The van der Waals surface area contributed by atoms with E-state index in [0.29, 0.717) is 22.7 Å². The SMILES string of the molecule is COc1ccc(NC(=O)c2cc3n(n2)[C@@H](C(F)(F)F)C[C@H](c2ccc(F)cc2)N3)c(OC)c1. The Morgan fingerprint density at radius 1 is 1.12 bits per heavy atom. The van der Waals surface area contributed by atoms with Crippen LogP contribution in [0.3, 0.4) is 0 Å². The van der Waals surface area contributed by atoms with Crippen LogP contribution in [0.25, 0.3) is 0 Å². The highest BCUT2D eigenvalue weighted by Crippen LogP contribution is 2.43. The van der Waals surface area contributed by atoms with Crippen LogP contribution in [0.2, 0.25) is 0 Å². The highest BCUT2D eigenvalue weighted by atomic mass is 19.4. The van der Waals surface area contributed by atoms with Crippen LogP contribution in [0, 0.1) is 5.82 Å². The molecule has 4 rings (SSSR count). The van der Waals surface area contributed by atoms with Crippen molar-refractivity contribution in [3.05, 3.63) is 65.6 Å². The molecule has 2 aromatic carbocycles. The van der Waals surface area contributed by atoms with Crippen LogP contribution in [0.15, 0.2) is 48.5 Å². The lowest BCUT2D eigenvalue weighted by atomic mass is 9.97. The van der Waals surface area contributed by atoms with Gasteiger partial charge in [0.1, 0.15) is 23.1 Å². The fraction of sp³-hybridized carbons (Fsp3) is 0.273. The largest absolute Gasteiger partial charge is 0.497 e. The molecule has 174 valence electrons. The Kier molecular flexibility index (Phi) is 5.88. The predicted molar refractivity (Wildman–Crippen MR) is 112 cm³/mol. The zero-order chi connectivity index (χ0) is 23.8. The van der Waals surface area contributed by atoms with Gasteiger partial charge in [0.15, 0.2) is 11.7 Å². The number of carbonyl (C=O) groups is 1. The first-order chi connectivity index (χ1) is 15.7.